The van der Waals surface area contributed by atoms with E-state index in [1.165, 1.54) is 30.6 Å². The number of nitrogens with zero attached hydrogens (tertiary/aromatic N) is 2. The van der Waals surface area contributed by atoms with E-state index in [4.69, 9.17) is 4.74 Å². The van der Waals surface area contributed by atoms with E-state index in [9.17, 15) is 22.4 Å². The molecule has 4 rings (SSSR count). The van der Waals surface area contributed by atoms with Gasteiger partial charge in [-0.05, 0) is 42.5 Å². The molecular weight excluding hydrogens is 434 g/mol. The molecule has 0 atom stereocenters. The van der Waals surface area contributed by atoms with E-state index >= 15 is 0 Å². The van der Waals surface area contributed by atoms with Crippen molar-refractivity contribution in [3.8, 4) is 17.0 Å². The third-order valence-corrected chi connectivity index (χ3v) is 5.45. The van der Waals surface area contributed by atoms with Crippen LogP contribution >= 0.6 is 11.3 Å². The molecule has 2 aromatic carbocycles. The molecular formula is C21H15F4N3O2S. The zero-order valence-electron chi connectivity index (χ0n) is 16.0. The summed E-state index contributed by atoms with van der Waals surface area (Å²) >= 11 is 1.32. The first kappa shape index (κ1) is 20.9. The smallest absolute Gasteiger partial charge is 0.416 e. The summed E-state index contributed by atoms with van der Waals surface area (Å²) in [5.41, 5.74) is 1.00. The normalized spacial score (nSPS) is 11.6. The minimum absolute atomic E-state index is 0.0635. The van der Waals surface area contributed by atoms with E-state index in [-0.39, 0.29) is 23.7 Å². The number of amides is 1. The minimum Gasteiger partial charge on any atom is -0.495 e. The zero-order valence-corrected chi connectivity index (χ0v) is 16.9. The summed E-state index contributed by atoms with van der Waals surface area (Å²) < 4.78 is 58.9. The Morgan fingerprint density at radius 3 is 2.61 bits per heavy atom. The number of anilines is 1. The molecule has 5 nitrogen and oxygen atoms in total. The summed E-state index contributed by atoms with van der Waals surface area (Å²) in [4.78, 5) is 17.7. The number of fused-ring (bicyclic) bond motifs is 1. The molecule has 0 aliphatic heterocycles. The second kappa shape index (κ2) is 8.03. The monoisotopic (exact) mass is 449 g/mol. The predicted octanol–water partition coefficient (Wildman–Crippen LogP) is 5.41. The number of hydrogen-bond donors (Lipinski definition) is 1. The van der Waals surface area contributed by atoms with Gasteiger partial charge in [0.05, 0.1) is 30.5 Å². The van der Waals surface area contributed by atoms with Crippen molar-refractivity contribution in [2.45, 2.75) is 12.6 Å². The van der Waals surface area contributed by atoms with Crippen molar-refractivity contribution in [1.29, 1.82) is 0 Å². The van der Waals surface area contributed by atoms with E-state index in [2.05, 4.69) is 10.3 Å². The van der Waals surface area contributed by atoms with Gasteiger partial charge in [-0.25, -0.2) is 9.37 Å². The second-order valence-electron chi connectivity index (χ2n) is 6.65. The molecule has 0 fully saturated rings. The van der Waals surface area contributed by atoms with Crippen molar-refractivity contribution < 1.29 is 27.1 Å². The van der Waals surface area contributed by atoms with Crippen LogP contribution in [0, 0.1) is 5.82 Å². The number of rotatable bonds is 5. The van der Waals surface area contributed by atoms with E-state index in [1.54, 1.807) is 28.1 Å². The summed E-state index contributed by atoms with van der Waals surface area (Å²) in [7, 11) is 1.31. The number of thiazole rings is 1. The van der Waals surface area contributed by atoms with Gasteiger partial charge in [0.2, 0.25) is 5.91 Å². The highest BCUT2D eigenvalue weighted by Crippen LogP contribution is 2.35. The number of methoxy groups -OCH3 is 1. The average molecular weight is 449 g/mol. The van der Waals surface area contributed by atoms with Crippen LogP contribution in [0.2, 0.25) is 0 Å². The Hall–Kier alpha value is -3.40. The Morgan fingerprint density at radius 1 is 1.19 bits per heavy atom. The number of halogens is 4. The van der Waals surface area contributed by atoms with Crippen molar-refractivity contribution in [3.63, 3.8) is 0 Å². The molecule has 2 aromatic heterocycles. The zero-order chi connectivity index (χ0) is 22.2. The second-order valence-corrected chi connectivity index (χ2v) is 7.49. The topological polar surface area (TPSA) is 55.6 Å². The molecule has 160 valence electrons. The number of hydrogen-bond acceptors (Lipinski definition) is 4. The molecule has 10 heteroatoms. The summed E-state index contributed by atoms with van der Waals surface area (Å²) in [6, 6.07) is 8.76. The molecule has 0 spiro atoms. The summed E-state index contributed by atoms with van der Waals surface area (Å²) in [5.74, 6) is -0.737. The van der Waals surface area contributed by atoms with Gasteiger partial charge in [-0.2, -0.15) is 13.2 Å². The lowest BCUT2D eigenvalue weighted by atomic mass is 10.1. The van der Waals surface area contributed by atoms with Crippen LogP contribution in [0.25, 0.3) is 16.2 Å². The lowest BCUT2D eigenvalue weighted by Crippen LogP contribution is -2.16. The van der Waals surface area contributed by atoms with Crippen LogP contribution in [0.15, 0.2) is 54.0 Å². The molecule has 4 aromatic rings. The Morgan fingerprint density at radius 2 is 1.94 bits per heavy atom. The van der Waals surface area contributed by atoms with Crippen LogP contribution in [0.3, 0.4) is 0 Å². The number of ether oxygens (including phenoxy) is 1. The highest BCUT2D eigenvalue weighted by atomic mass is 32.1. The number of benzene rings is 2. The SMILES string of the molecule is COc1ccc(C(F)(F)F)cc1NC(=O)Cc1csc2nc(-c3ccc(F)cc3)cn12. The Balaban J connectivity index is 1.56. The van der Waals surface area contributed by atoms with Gasteiger partial charge < -0.3 is 10.1 Å². The first-order valence-electron chi connectivity index (χ1n) is 9.01. The Kier molecular flexibility index (Phi) is 5.40. The maximum atomic E-state index is 13.1. The molecule has 0 saturated heterocycles. The highest BCUT2D eigenvalue weighted by molar-refractivity contribution is 7.15. The van der Waals surface area contributed by atoms with E-state index in [0.29, 0.717) is 16.3 Å². The largest absolute Gasteiger partial charge is 0.495 e. The van der Waals surface area contributed by atoms with Gasteiger partial charge in [0.1, 0.15) is 11.6 Å². The number of imidazole rings is 1. The fourth-order valence-electron chi connectivity index (χ4n) is 3.06. The van der Waals surface area contributed by atoms with Crippen molar-refractivity contribution in [3.05, 3.63) is 71.1 Å². The van der Waals surface area contributed by atoms with Crippen LogP contribution < -0.4 is 10.1 Å². The molecule has 1 N–H and O–H groups in total. The highest BCUT2D eigenvalue weighted by Gasteiger charge is 2.31. The first-order chi connectivity index (χ1) is 14.7. The average Bonchev–Trinajstić information content (AvgIpc) is 3.30. The fourth-order valence-corrected chi connectivity index (χ4v) is 3.93. The Labute approximate surface area is 177 Å². The fraction of sp³-hybridized carbons (Fsp3) is 0.143. The van der Waals surface area contributed by atoms with Gasteiger partial charge in [-0.15, -0.1) is 11.3 Å². The minimum atomic E-state index is -4.54. The third kappa shape index (κ3) is 4.38. The van der Waals surface area contributed by atoms with Gasteiger partial charge in [0.25, 0.3) is 0 Å². The number of carbonyl (C=O) groups is 1. The van der Waals surface area contributed by atoms with Gasteiger partial charge in [0.15, 0.2) is 4.96 Å². The molecule has 0 saturated carbocycles. The molecule has 2 heterocycles. The quantitative estimate of drug-likeness (QED) is 0.415. The number of carbonyl (C=O) groups excluding carboxylic acids is 1. The van der Waals surface area contributed by atoms with Gasteiger partial charge in [-0.1, -0.05) is 0 Å². The lowest BCUT2D eigenvalue weighted by Gasteiger charge is -2.13. The van der Waals surface area contributed by atoms with Gasteiger partial charge in [-0.3, -0.25) is 9.20 Å². The maximum absolute atomic E-state index is 13.1. The Bertz CT molecular complexity index is 1250. The van der Waals surface area contributed by atoms with Crippen LogP contribution in [-0.4, -0.2) is 22.4 Å². The van der Waals surface area contributed by atoms with Crippen molar-refractivity contribution >= 4 is 27.9 Å². The predicted molar refractivity (Wildman–Crippen MR) is 109 cm³/mol. The van der Waals surface area contributed by atoms with E-state index in [1.807, 2.05) is 0 Å². The summed E-state index contributed by atoms with van der Waals surface area (Å²) in [6.45, 7) is 0. The van der Waals surface area contributed by atoms with Crippen LogP contribution in [-0.2, 0) is 17.4 Å². The molecule has 0 aliphatic carbocycles. The maximum Gasteiger partial charge on any atom is 0.416 e. The van der Waals surface area contributed by atoms with E-state index < -0.39 is 17.6 Å². The standard InChI is InChI=1S/C21H15F4N3O2S/c1-30-18-7-4-13(21(23,24)25)8-16(18)26-19(29)9-15-11-31-20-27-17(10-28(15)20)12-2-5-14(22)6-3-12/h2-8,10-11H,9H2,1H3,(H,26,29). The first-order valence-corrected chi connectivity index (χ1v) is 9.89. The van der Waals surface area contributed by atoms with Gasteiger partial charge in [0, 0.05) is 22.8 Å². The molecule has 0 unspecified atom stereocenters. The van der Waals surface area contributed by atoms with Crippen LogP contribution in [0.1, 0.15) is 11.3 Å². The summed E-state index contributed by atoms with van der Waals surface area (Å²) in [5, 5.41) is 4.24. The lowest BCUT2D eigenvalue weighted by molar-refractivity contribution is -0.137. The third-order valence-electron chi connectivity index (χ3n) is 4.57. The van der Waals surface area contributed by atoms with Gasteiger partial charge >= 0.3 is 6.18 Å². The van der Waals surface area contributed by atoms with Crippen LogP contribution in [0.5, 0.6) is 5.75 Å². The molecule has 0 aliphatic rings. The molecule has 0 bridgehead atoms. The number of alkyl halides is 3. The summed E-state index contributed by atoms with van der Waals surface area (Å²) in [6.07, 6.45) is -2.90. The van der Waals surface area contributed by atoms with E-state index in [0.717, 1.165) is 23.8 Å². The molecule has 31 heavy (non-hydrogen) atoms. The van der Waals surface area contributed by atoms with Crippen molar-refractivity contribution in [2.24, 2.45) is 0 Å². The molecule has 1 amide bonds. The van der Waals surface area contributed by atoms with Crippen LogP contribution in [0.4, 0.5) is 23.2 Å². The van der Waals surface area contributed by atoms with Crippen molar-refractivity contribution in [1.82, 2.24) is 9.38 Å². The molecule has 0 radical (unpaired) electrons. The number of nitrogens with one attached hydrogen (secondary N) is 1. The number of aromatic nitrogens is 2. The van der Waals surface area contributed by atoms with Crippen molar-refractivity contribution in [2.75, 3.05) is 12.4 Å².